The van der Waals surface area contributed by atoms with Gasteiger partial charge in [-0.05, 0) is 31.9 Å². The summed E-state index contributed by atoms with van der Waals surface area (Å²) in [6, 6.07) is 8.23. The van der Waals surface area contributed by atoms with E-state index in [9.17, 15) is 4.79 Å². The molecule has 1 aromatic rings. The van der Waals surface area contributed by atoms with Crippen LogP contribution >= 0.6 is 0 Å². The van der Waals surface area contributed by atoms with Gasteiger partial charge in [-0.25, -0.2) is 0 Å². The minimum atomic E-state index is 0.0480. The van der Waals surface area contributed by atoms with Crippen LogP contribution < -0.4 is 10.6 Å². The molecule has 2 atom stereocenters. The lowest BCUT2D eigenvalue weighted by molar-refractivity contribution is -0.119. The van der Waals surface area contributed by atoms with Crippen molar-refractivity contribution >= 4 is 11.6 Å². The van der Waals surface area contributed by atoms with Crippen LogP contribution in [-0.4, -0.2) is 49.2 Å². The zero-order valence-corrected chi connectivity index (χ0v) is 15.2. The number of rotatable bonds is 8. The molecule has 0 aromatic heterocycles. The van der Waals surface area contributed by atoms with Crippen molar-refractivity contribution in [3.8, 4) is 0 Å². The van der Waals surface area contributed by atoms with E-state index in [-0.39, 0.29) is 18.1 Å². The maximum absolute atomic E-state index is 11.9. The van der Waals surface area contributed by atoms with Gasteiger partial charge < -0.3 is 15.4 Å². The Labute approximate surface area is 145 Å². The van der Waals surface area contributed by atoms with Crippen LogP contribution in [0.2, 0.25) is 0 Å². The first-order chi connectivity index (χ1) is 11.6. The molecule has 0 spiro atoms. The highest BCUT2D eigenvalue weighted by Crippen LogP contribution is 2.20. The van der Waals surface area contributed by atoms with E-state index in [0.717, 1.165) is 44.7 Å². The van der Waals surface area contributed by atoms with Crippen LogP contribution in [0.15, 0.2) is 24.3 Å². The Balaban J connectivity index is 1.89. The van der Waals surface area contributed by atoms with Crippen molar-refractivity contribution in [2.24, 2.45) is 0 Å². The van der Waals surface area contributed by atoms with Crippen LogP contribution in [0.4, 0.5) is 5.69 Å². The molecule has 0 aliphatic carbocycles. The molecule has 2 rings (SSSR count). The Hall–Kier alpha value is -1.59. The number of hydrogen-bond donors (Lipinski definition) is 2. The van der Waals surface area contributed by atoms with Gasteiger partial charge in [0.15, 0.2) is 0 Å². The fourth-order valence-corrected chi connectivity index (χ4v) is 3.13. The Kier molecular flexibility index (Phi) is 7.53. The number of carbonyl (C=O) groups is 1. The summed E-state index contributed by atoms with van der Waals surface area (Å²) in [6.07, 6.45) is 2.64. The van der Waals surface area contributed by atoms with Crippen LogP contribution in [0.3, 0.4) is 0 Å². The first-order valence-corrected chi connectivity index (χ1v) is 9.04. The second-order valence-corrected chi connectivity index (χ2v) is 6.67. The highest BCUT2D eigenvalue weighted by molar-refractivity contribution is 5.80. The van der Waals surface area contributed by atoms with E-state index < -0.39 is 0 Å². The van der Waals surface area contributed by atoms with Crippen LogP contribution in [0, 0.1) is 0 Å². The lowest BCUT2D eigenvalue weighted by atomic mass is 10.1. The topological polar surface area (TPSA) is 53.6 Å². The van der Waals surface area contributed by atoms with Gasteiger partial charge in [-0.3, -0.25) is 9.69 Å². The van der Waals surface area contributed by atoms with Gasteiger partial charge in [0.2, 0.25) is 5.91 Å². The third-order valence-electron chi connectivity index (χ3n) is 4.20. The van der Waals surface area contributed by atoms with Gasteiger partial charge in [0.1, 0.15) is 0 Å². The number of anilines is 1. The van der Waals surface area contributed by atoms with E-state index in [1.807, 2.05) is 12.1 Å². The summed E-state index contributed by atoms with van der Waals surface area (Å²) in [6.45, 7) is 10.2. The van der Waals surface area contributed by atoms with E-state index in [2.05, 4.69) is 48.4 Å². The summed E-state index contributed by atoms with van der Waals surface area (Å²) in [5.41, 5.74) is 2.26. The number of benzene rings is 1. The van der Waals surface area contributed by atoms with Gasteiger partial charge in [0, 0.05) is 31.9 Å². The molecule has 0 saturated carbocycles. The molecule has 1 aliphatic heterocycles. The number of nitrogens with one attached hydrogen (secondary N) is 2. The molecule has 24 heavy (non-hydrogen) atoms. The largest absolute Gasteiger partial charge is 0.376 e. The Morgan fingerprint density at radius 1 is 1.25 bits per heavy atom. The number of hydrogen-bond acceptors (Lipinski definition) is 4. The van der Waals surface area contributed by atoms with Gasteiger partial charge >= 0.3 is 0 Å². The molecule has 5 nitrogen and oxygen atoms in total. The van der Waals surface area contributed by atoms with E-state index >= 15 is 0 Å². The number of carbonyl (C=O) groups excluding carboxylic acids is 1. The third kappa shape index (κ3) is 6.13. The van der Waals surface area contributed by atoms with Crippen LogP contribution in [0.5, 0.6) is 0 Å². The first-order valence-electron chi connectivity index (χ1n) is 9.04. The minimum absolute atomic E-state index is 0.0480. The van der Waals surface area contributed by atoms with Crippen molar-refractivity contribution < 1.29 is 9.53 Å². The van der Waals surface area contributed by atoms with E-state index in [0.29, 0.717) is 6.54 Å². The monoisotopic (exact) mass is 333 g/mol. The maximum atomic E-state index is 11.9. The predicted octanol–water partition coefficient (Wildman–Crippen LogP) is 2.62. The summed E-state index contributed by atoms with van der Waals surface area (Å²) in [5, 5.41) is 6.22. The molecular formula is C19H31N3O2. The third-order valence-corrected chi connectivity index (χ3v) is 4.20. The predicted molar refractivity (Wildman–Crippen MR) is 98.1 cm³/mol. The number of nitrogens with zero attached hydrogens (tertiary/aromatic N) is 1. The molecule has 1 aliphatic rings. The Morgan fingerprint density at radius 3 is 2.67 bits per heavy atom. The molecule has 1 saturated heterocycles. The summed E-state index contributed by atoms with van der Waals surface area (Å²) < 4.78 is 5.80. The standard InChI is InChI=1S/C19H31N3O2/c1-4-5-10-20-19(23)11-21-18-9-7-6-8-17(18)14-22-12-15(2)24-16(3)13-22/h6-9,15-16,21H,4-5,10-14H2,1-3H3,(H,20,23)/t15-,16-/m1/s1. The van der Waals surface area contributed by atoms with Gasteiger partial charge in [-0.1, -0.05) is 31.5 Å². The number of unbranched alkanes of at least 4 members (excludes halogenated alkanes) is 1. The van der Waals surface area contributed by atoms with Crippen molar-refractivity contribution in [1.29, 1.82) is 0 Å². The van der Waals surface area contributed by atoms with Crippen molar-refractivity contribution in [3.05, 3.63) is 29.8 Å². The molecule has 0 radical (unpaired) electrons. The number of amides is 1. The van der Waals surface area contributed by atoms with E-state index in [1.54, 1.807) is 0 Å². The minimum Gasteiger partial charge on any atom is -0.376 e. The molecular weight excluding hydrogens is 302 g/mol. The van der Waals surface area contributed by atoms with E-state index in [4.69, 9.17) is 4.74 Å². The summed E-state index contributed by atoms with van der Waals surface area (Å²) in [7, 11) is 0. The second kappa shape index (κ2) is 9.64. The Morgan fingerprint density at radius 2 is 1.96 bits per heavy atom. The molecule has 0 unspecified atom stereocenters. The zero-order valence-electron chi connectivity index (χ0n) is 15.2. The SMILES string of the molecule is CCCCNC(=O)CNc1ccccc1CN1C[C@@H](C)O[C@H](C)C1. The lowest BCUT2D eigenvalue weighted by Crippen LogP contribution is -2.44. The fraction of sp³-hybridized carbons (Fsp3) is 0.632. The maximum Gasteiger partial charge on any atom is 0.239 e. The van der Waals surface area contributed by atoms with E-state index in [1.165, 1.54) is 5.56 Å². The van der Waals surface area contributed by atoms with Crippen molar-refractivity contribution in [3.63, 3.8) is 0 Å². The number of ether oxygens (including phenoxy) is 1. The second-order valence-electron chi connectivity index (χ2n) is 6.67. The Bertz CT molecular complexity index is 511. The van der Waals surface area contributed by atoms with Crippen LogP contribution in [0.25, 0.3) is 0 Å². The smallest absolute Gasteiger partial charge is 0.239 e. The fourth-order valence-electron chi connectivity index (χ4n) is 3.13. The molecule has 0 bridgehead atoms. The molecule has 5 heteroatoms. The molecule has 1 amide bonds. The summed E-state index contributed by atoms with van der Waals surface area (Å²) in [4.78, 5) is 14.3. The van der Waals surface area contributed by atoms with Crippen LogP contribution in [-0.2, 0) is 16.1 Å². The highest BCUT2D eigenvalue weighted by Gasteiger charge is 2.22. The van der Waals surface area contributed by atoms with Crippen molar-refractivity contribution in [1.82, 2.24) is 10.2 Å². The summed E-state index contributed by atoms with van der Waals surface area (Å²) in [5.74, 6) is 0.0480. The molecule has 1 fully saturated rings. The van der Waals surface area contributed by atoms with Gasteiger partial charge in [0.25, 0.3) is 0 Å². The zero-order chi connectivity index (χ0) is 17.4. The first kappa shape index (κ1) is 18.7. The van der Waals surface area contributed by atoms with Gasteiger partial charge in [-0.2, -0.15) is 0 Å². The molecule has 1 heterocycles. The van der Waals surface area contributed by atoms with Gasteiger partial charge in [0.05, 0.1) is 18.8 Å². The molecule has 1 aromatic carbocycles. The summed E-state index contributed by atoms with van der Waals surface area (Å²) >= 11 is 0. The number of para-hydroxylation sites is 1. The number of morpholine rings is 1. The average Bonchev–Trinajstić information content (AvgIpc) is 2.53. The lowest BCUT2D eigenvalue weighted by Gasteiger charge is -2.35. The van der Waals surface area contributed by atoms with Gasteiger partial charge in [-0.15, -0.1) is 0 Å². The highest BCUT2D eigenvalue weighted by atomic mass is 16.5. The quantitative estimate of drug-likeness (QED) is 0.718. The van der Waals surface area contributed by atoms with Crippen molar-refractivity contribution in [2.45, 2.75) is 52.4 Å². The average molecular weight is 333 g/mol. The normalized spacial score (nSPS) is 21.5. The van der Waals surface area contributed by atoms with Crippen LogP contribution in [0.1, 0.15) is 39.2 Å². The molecule has 134 valence electrons. The van der Waals surface area contributed by atoms with Crippen molar-refractivity contribution in [2.75, 3.05) is 31.5 Å². The molecule has 2 N–H and O–H groups in total.